The van der Waals surface area contributed by atoms with Gasteiger partial charge in [-0.3, -0.25) is 0 Å². The number of benzene rings is 2. The molecule has 0 saturated heterocycles. The molecule has 5 radical (unpaired) electrons. The number of aryl methyl sites for hydroxylation is 2. The summed E-state index contributed by atoms with van der Waals surface area (Å²) in [5.41, 5.74) is 2.87. The van der Waals surface area contributed by atoms with E-state index in [-0.39, 0.29) is 69.4 Å². The predicted octanol–water partition coefficient (Wildman–Crippen LogP) is 8.18. The van der Waals surface area contributed by atoms with Crippen molar-refractivity contribution in [1.29, 1.82) is 0 Å². The third kappa shape index (κ3) is 10.3. The van der Waals surface area contributed by atoms with E-state index >= 15 is 0 Å². The number of hydrogen-bond acceptors (Lipinski definition) is 0. The van der Waals surface area contributed by atoms with Gasteiger partial charge in [0.1, 0.15) is 0 Å². The summed E-state index contributed by atoms with van der Waals surface area (Å²) in [6.07, 6.45) is 2.27. The van der Waals surface area contributed by atoms with Gasteiger partial charge in [-0.15, -0.1) is 106 Å². The van der Waals surface area contributed by atoms with Crippen LogP contribution in [0.2, 0.25) is 0 Å². The maximum Gasteiger partial charge on any atom is 3.00 e. The van der Waals surface area contributed by atoms with Crippen molar-refractivity contribution in [2.45, 2.75) is 40.5 Å². The summed E-state index contributed by atoms with van der Waals surface area (Å²) in [5, 5.41) is 5.46. The van der Waals surface area contributed by atoms with Crippen molar-refractivity contribution in [3.63, 3.8) is 0 Å². The van der Waals surface area contributed by atoms with Crippen LogP contribution < -0.4 is 0 Å². The van der Waals surface area contributed by atoms with Gasteiger partial charge in [-0.1, -0.05) is 39.8 Å². The van der Waals surface area contributed by atoms with Crippen molar-refractivity contribution >= 4 is 57.3 Å². The van der Waals surface area contributed by atoms with E-state index in [4.69, 9.17) is 0 Å². The molecular formula is C25H33Cl2SiZr. The van der Waals surface area contributed by atoms with Crippen molar-refractivity contribution in [3.8, 4) is 0 Å². The molecule has 0 unspecified atom stereocenters. The number of rotatable bonds is 2. The van der Waals surface area contributed by atoms with E-state index in [1.54, 1.807) is 0 Å². The molecule has 0 atom stereocenters. The zero-order valence-electron chi connectivity index (χ0n) is 18.2. The number of fused-ring (bicyclic) bond motifs is 2. The maximum atomic E-state index is 2.26. The molecular weight excluding hydrogens is 490 g/mol. The van der Waals surface area contributed by atoms with E-state index < -0.39 is 0 Å². The normalized spacial score (nSPS) is 8.28. The smallest absolute Gasteiger partial charge is 0.358 e. The summed E-state index contributed by atoms with van der Waals surface area (Å²) in [4.78, 5) is 0. The monoisotopic (exact) mass is 521 g/mol. The zero-order valence-corrected chi connectivity index (χ0v) is 23.2. The molecule has 0 bridgehead atoms. The largest absolute Gasteiger partial charge is 3.00 e. The van der Waals surface area contributed by atoms with Gasteiger partial charge >= 0.3 is 26.2 Å². The second kappa shape index (κ2) is 19.3. The first-order chi connectivity index (χ1) is 11.8. The Morgan fingerprint density at radius 2 is 0.966 bits per heavy atom. The molecule has 29 heavy (non-hydrogen) atoms. The molecule has 0 spiro atoms. The Morgan fingerprint density at radius 1 is 0.655 bits per heavy atom. The van der Waals surface area contributed by atoms with Gasteiger partial charge in [0.25, 0.3) is 0 Å². The number of halogens is 2. The minimum absolute atomic E-state index is 0. The average molecular weight is 524 g/mol. The molecule has 0 aromatic heterocycles. The van der Waals surface area contributed by atoms with Crippen LogP contribution in [0.4, 0.5) is 0 Å². The first-order valence-corrected chi connectivity index (χ1v) is 9.09. The van der Waals surface area contributed by atoms with Crippen molar-refractivity contribution in [1.82, 2.24) is 0 Å². The molecule has 4 rings (SSSR count). The summed E-state index contributed by atoms with van der Waals surface area (Å²) in [5.74, 6) is 0. The molecule has 0 aliphatic rings. The first kappa shape index (κ1) is 35.8. The Hall–Kier alpha value is -0.660. The van der Waals surface area contributed by atoms with Crippen LogP contribution in [-0.4, -0.2) is 11.0 Å². The van der Waals surface area contributed by atoms with E-state index in [1.807, 2.05) is 13.8 Å². The van der Waals surface area contributed by atoms with Gasteiger partial charge in [-0.25, -0.2) is 0 Å². The molecule has 0 aliphatic heterocycles. The van der Waals surface area contributed by atoms with Crippen LogP contribution in [0.5, 0.6) is 0 Å². The zero-order chi connectivity index (χ0) is 17.4. The van der Waals surface area contributed by atoms with Crippen LogP contribution in [0.1, 0.15) is 38.8 Å². The summed E-state index contributed by atoms with van der Waals surface area (Å²) in [7, 11) is 0. The van der Waals surface area contributed by atoms with Crippen molar-refractivity contribution in [3.05, 3.63) is 91.3 Å². The van der Waals surface area contributed by atoms with E-state index in [9.17, 15) is 0 Å². The van der Waals surface area contributed by atoms with E-state index in [1.165, 1.54) is 32.7 Å². The topological polar surface area (TPSA) is 0 Å². The molecule has 0 saturated carbocycles. The molecule has 0 aliphatic carbocycles. The third-order valence-electron chi connectivity index (χ3n) is 4.17. The Morgan fingerprint density at radius 3 is 1.24 bits per heavy atom. The van der Waals surface area contributed by atoms with Crippen molar-refractivity contribution in [2.24, 2.45) is 0 Å². The fourth-order valence-corrected chi connectivity index (χ4v) is 2.84. The van der Waals surface area contributed by atoms with Gasteiger partial charge in [0.15, 0.2) is 0 Å². The molecule has 0 nitrogen and oxygen atoms in total. The second-order valence-electron chi connectivity index (χ2n) is 5.69. The summed E-state index contributed by atoms with van der Waals surface area (Å²) in [6.45, 7) is 8.38. The minimum atomic E-state index is 0. The van der Waals surface area contributed by atoms with E-state index in [0.29, 0.717) is 0 Å². The van der Waals surface area contributed by atoms with Gasteiger partial charge in [-0.2, -0.15) is 12.1 Å². The molecule has 155 valence electrons. The van der Waals surface area contributed by atoms with Gasteiger partial charge in [0.05, 0.1) is 0 Å². The van der Waals surface area contributed by atoms with Gasteiger partial charge in [-0.05, 0) is 12.8 Å². The van der Waals surface area contributed by atoms with Gasteiger partial charge < -0.3 is 7.43 Å². The molecule has 4 aromatic carbocycles. The fraction of sp³-hybridized carbons (Fsp3) is 0.240. The fourth-order valence-electron chi connectivity index (χ4n) is 2.84. The Labute approximate surface area is 214 Å². The van der Waals surface area contributed by atoms with Crippen LogP contribution in [0.25, 0.3) is 21.5 Å². The van der Waals surface area contributed by atoms with Crippen LogP contribution >= 0.6 is 24.8 Å². The molecule has 4 aromatic rings. The molecule has 0 N–H and O–H groups in total. The molecule has 4 heteroatoms. The Bertz CT molecular complexity index is 740. The van der Waals surface area contributed by atoms with Crippen molar-refractivity contribution in [2.75, 3.05) is 0 Å². The Kier molecular flexibility index (Phi) is 23.8. The summed E-state index contributed by atoms with van der Waals surface area (Å²) >= 11 is 0. The van der Waals surface area contributed by atoms with Crippen LogP contribution in [0.3, 0.4) is 0 Å². The van der Waals surface area contributed by atoms with E-state index in [2.05, 4.69) is 86.6 Å². The quantitative estimate of drug-likeness (QED) is 0.184. The Balaban J connectivity index is -0.000000171. The SMILES string of the molecule is CC.CCc1cc2ccccc2[cH-]1.CCc1cc2ccccc2[cH-]1.Cl.Cl.[CH3-].[Si].[Zr+3]. The minimum Gasteiger partial charge on any atom is -0.358 e. The van der Waals surface area contributed by atoms with E-state index in [0.717, 1.165) is 12.8 Å². The van der Waals surface area contributed by atoms with Crippen molar-refractivity contribution < 1.29 is 26.2 Å². The first-order valence-electron chi connectivity index (χ1n) is 9.09. The standard InChI is InChI=1S/2C11H11.C2H6.CH3.2ClH.Si.Zr/c2*1-2-9-7-10-5-3-4-6-11(10)8-9;1-2;;;;;/h2*3-8H,2H2,1H3;1-2H3;1H3;2*1H;;/q2*-1;;-1;;;;+3. The third-order valence-corrected chi connectivity index (χ3v) is 4.17. The average Bonchev–Trinajstić information content (AvgIpc) is 3.27. The predicted molar refractivity (Wildman–Crippen MR) is 136 cm³/mol. The van der Waals surface area contributed by atoms with Crippen LogP contribution in [0, 0.1) is 7.43 Å². The van der Waals surface area contributed by atoms with Gasteiger partial charge in [0, 0.05) is 11.0 Å². The maximum absolute atomic E-state index is 2.26. The number of hydrogen-bond donors (Lipinski definition) is 0. The molecule has 0 heterocycles. The van der Waals surface area contributed by atoms with Crippen LogP contribution in [0.15, 0.2) is 72.8 Å². The van der Waals surface area contributed by atoms with Crippen LogP contribution in [-0.2, 0) is 39.0 Å². The summed E-state index contributed by atoms with van der Waals surface area (Å²) in [6, 6.07) is 26.0. The summed E-state index contributed by atoms with van der Waals surface area (Å²) < 4.78 is 0. The molecule has 0 amide bonds. The second-order valence-corrected chi connectivity index (χ2v) is 5.69. The van der Waals surface area contributed by atoms with Gasteiger partial charge in [0.2, 0.25) is 0 Å². The molecule has 0 fully saturated rings.